The number of methoxy groups -OCH3 is 1. The Morgan fingerprint density at radius 3 is 2.78 bits per heavy atom. The lowest BCUT2D eigenvalue weighted by Crippen LogP contribution is -2.22. The first-order chi connectivity index (χ1) is 12.8. The summed E-state index contributed by atoms with van der Waals surface area (Å²) < 4.78 is 6.22. The second-order valence-corrected chi connectivity index (χ2v) is 7.29. The molecule has 8 nitrogen and oxygen atoms in total. The van der Waals surface area contributed by atoms with Crippen LogP contribution in [0.1, 0.15) is 22.9 Å². The first kappa shape index (κ1) is 18.8. The van der Waals surface area contributed by atoms with Crippen molar-refractivity contribution in [2.75, 3.05) is 7.11 Å². The number of carboxylic acids is 2. The van der Waals surface area contributed by atoms with Gasteiger partial charge in [-0.2, -0.15) is 0 Å². The van der Waals surface area contributed by atoms with E-state index in [0.717, 1.165) is 27.2 Å². The summed E-state index contributed by atoms with van der Waals surface area (Å²) in [7, 11) is 1.55. The highest BCUT2D eigenvalue weighted by Gasteiger charge is 2.28. The van der Waals surface area contributed by atoms with E-state index in [0.29, 0.717) is 16.2 Å². The Balaban J connectivity index is 2.05. The van der Waals surface area contributed by atoms with Gasteiger partial charge in [0, 0.05) is 17.4 Å². The van der Waals surface area contributed by atoms with Crippen LogP contribution >= 0.6 is 23.6 Å². The second kappa shape index (κ2) is 7.33. The van der Waals surface area contributed by atoms with Crippen LogP contribution in [0.5, 0.6) is 11.6 Å². The van der Waals surface area contributed by atoms with Gasteiger partial charge in [0.1, 0.15) is 11.8 Å². The Hall–Kier alpha value is -2.98. The van der Waals surface area contributed by atoms with Crippen molar-refractivity contribution in [2.45, 2.75) is 12.5 Å². The lowest BCUT2D eigenvalue weighted by molar-refractivity contribution is -0.147. The number of allylic oxidation sites excluding steroid dienone is 1. The number of aliphatic imine (C=N–C) groups is 1. The first-order valence-electron chi connectivity index (χ1n) is 7.65. The van der Waals surface area contributed by atoms with Crippen molar-refractivity contribution in [3.63, 3.8) is 0 Å². The van der Waals surface area contributed by atoms with Crippen molar-refractivity contribution in [2.24, 2.45) is 4.99 Å². The molecule has 1 aliphatic rings. The van der Waals surface area contributed by atoms with E-state index in [2.05, 4.69) is 4.99 Å². The van der Waals surface area contributed by atoms with E-state index in [-0.39, 0.29) is 3.95 Å². The molecule has 0 spiro atoms. The van der Waals surface area contributed by atoms with E-state index < -0.39 is 30.3 Å². The Kier molecular flexibility index (Phi) is 5.10. The van der Waals surface area contributed by atoms with Crippen LogP contribution in [0.15, 0.2) is 23.2 Å². The number of hydrogen-bond acceptors (Lipinski definition) is 7. The Morgan fingerprint density at radius 1 is 1.41 bits per heavy atom. The highest BCUT2D eigenvalue weighted by atomic mass is 32.1. The summed E-state index contributed by atoms with van der Waals surface area (Å²) in [6.45, 7) is 0. The normalized spacial score (nSPS) is 14.9. The van der Waals surface area contributed by atoms with E-state index in [9.17, 15) is 19.8 Å². The number of benzene rings is 1. The maximum absolute atomic E-state index is 11.4. The molecule has 2 heterocycles. The molecule has 0 bridgehead atoms. The van der Waals surface area contributed by atoms with Gasteiger partial charge in [0.15, 0.2) is 3.95 Å². The molecule has 0 aliphatic carbocycles. The average Bonchev–Trinajstić information content (AvgIpc) is 3.13. The van der Waals surface area contributed by atoms with Crippen molar-refractivity contribution in [3.05, 3.63) is 32.6 Å². The maximum Gasteiger partial charge on any atom is 0.327 e. The molecular formula is C17H14N2O6S2. The van der Waals surface area contributed by atoms with Crippen molar-refractivity contribution >= 4 is 59.0 Å². The first-order valence-corrected chi connectivity index (χ1v) is 8.87. The number of aromatic nitrogens is 1. The van der Waals surface area contributed by atoms with Gasteiger partial charge >= 0.3 is 11.9 Å². The van der Waals surface area contributed by atoms with Crippen LogP contribution < -0.4 is 4.74 Å². The molecule has 1 atom stereocenters. The molecule has 2 aromatic rings. The molecule has 3 N–H and O–H groups in total. The van der Waals surface area contributed by atoms with Gasteiger partial charge in [0.25, 0.3) is 0 Å². The molecular weight excluding hydrogens is 392 g/mol. The van der Waals surface area contributed by atoms with Gasteiger partial charge in [0.2, 0.25) is 5.88 Å². The minimum absolute atomic E-state index is 0.0637. The fourth-order valence-electron chi connectivity index (χ4n) is 2.67. The molecule has 0 saturated carbocycles. The molecule has 1 aromatic heterocycles. The van der Waals surface area contributed by atoms with Gasteiger partial charge in [-0.1, -0.05) is 0 Å². The third kappa shape index (κ3) is 3.62. The number of aliphatic carboxylic acids is 2. The fraction of sp³-hybridized carbons (Fsp3) is 0.176. The third-order valence-corrected chi connectivity index (χ3v) is 5.29. The third-order valence-electron chi connectivity index (χ3n) is 3.95. The summed E-state index contributed by atoms with van der Waals surface area (Å²) in [5.74, 6) is -2.44. The lowest BCUT2D eigenvalue weighted by atomic mass is 10.1. The van der Waals surface area contributed by atoms with Crippen molar-refractivity contribution < 1.29 is 29.6 Å². The van der Waals surface area contributed by atoms with E-state index in [1.54, 1.807) is 37.6 Å². The Bertz CT molecular complexity index is 1050. The van der Waals surface area contributed by atoms with E-state index in [1.807, 2.05) is 0 Å². The van der Waals surface area contributed by atoms with E-state index >= 15 is 0 Å². The zero-order valence-corrected chi connectivity index (χ0v) is 15.6. The minimum Gasteiger partial charge on any atom is -0.497 e. The number of hydrogen-bond donors (Lipinski definition) is 3. The molecule has 0 amide bonds. The molecule has 140 valence electrons. The van der Waals surface area contributed by atoms with Crippen LogP contribution in [0.25, 0.3) is 11.6 Å². The average molecular weight is 406 g/mol. The van der Waals surface area contributed by atoms with Gasteiger partial charge in [-0.05, 0) is 36.5 Å². The second-order valence-electron chi connectivity index (χ2n) is 5.62. The topological polar surface area (TPSA) is 121 Å². The molecule has 3 rings (SSSR count). The smallest absolute Gasteiger partial charge is 0.327 e. The Labute approximate surface area is 162 Å². The molecule has 27 heavy (non-hydrogen) atoms. The van der Waals surface area contributed by atoms with Gasteiger partial charge in [-0.3, -0.25) is 14.4 Å². The molecule has 0 saturated heterocycles. The number of aromatic hydroxyl groups is 1. The van der Waals surface area contributed by atoms with Gasteiger partial charge in [-0.25, -0.2) is 4.79 Å². The summed E-state index contributed by atoms with van der Waals surface area (Å²) in [5, 5.41) is 28.7. The highest BCUT2D eigenvalue weighted by molar-refractivity contribution is 7.73. The summed E-state index contributed by atoms with van der Waals surface area (Å²) in [6.07, 6.45) is 2.54. The SMILES string of the molecule is COc1ccc2c(c1)C(=Cc1sc(=S)n(C(CC(=O)O)C(=O)O)c1O)C=N2. The number of carboxylic acid groups (broad SMARTS) is 2. The number of carbonyl (C=O) groups is 2. The summed E-state index contributed by atoms with van der Waals surface area (Å²) in [5.41, 5.74) is 2.21. The molecule has 0 radical (unpaired) electrons. The predicted molar refractivity (Wildman–Crippen MR) is 103 cm³/mol. The molecule has 1 unspecified atom stereocenters. The van der Waals surface area contributed by atoms with Crippen molar-refractivity contribution in [1.29, 1.82) is 0 Å². The van der Waals surface area contributed by atoms with Crippen LogP contribution in [0, 0.1) is 3.95 Å². The van der Waals surface area contributed by atoms with Crippen LogP contribution in [-0.2, 0) is 9.59 Å². The van der Waals surface area contributed by atoms with Gasteiger partial charge < -0.3 is 20.1 Å². The zero-order valence-electron chi connectivity index (χ0n) is 13.9. The van der Waals surface area contributed by atoms with E-state index in [1.165, 1.54) is 0 Å². The van der Waals surface area contributed by atoms with Crippen LogP contribution in [0.3, 0.4) is 0 Å². The quantitative estimate of drug-likeness (QED) is 0.629. The number of nitrogens with zero attached hydrogens (tertiary/aromatic N) is 2. The van der Waals surface area contributed by atoms with Crippen LogP contribution in [0.2, 0.25) is 0 Å². The molecule has 0 fully saturated rings. The predicted octanol–water partition coefficient (Wildman–Crippen LogP) is 3.35. The standard InChI is InChI=1S/C17H14N2O6S2/c1-25-9-2-3-11-10(5-9)8(7-18-11)4-13-15(22)19(17(26)27-13)12(16(23)24)6-14(20)21/h2-5,7,12,22H,6H2,1H3,(H,20,21)(H,23,24). The Morgan fingerprint density at radius 2 is 2.15 bits per heavy atom. The number of thiazole rings is 1. The number of fused-ring (bicyclic) bond motifs is 1. The maximum atomic E-state index is 11.4. The molecule has 10 heteroatoms. The monoisotopic (exact) mass is 406 g/mol. The summed E-state index contributed by atoms with van der Waals surface area (Å²) >= 11 is 6.14. The highest BCUT2D eigenvalue weighted by Crippen LogP contribution is 2.38. The van der Waals surface area contributed by atoms with Crippen molar-refractivity contribution in [3.8, 4) is 11.6 Å². The minimum atomic E-state index is -1.50. The summed E-state index contributed by atoms with van der Waals surface area (Å²) in [6, 6.07) is 3.88. The molecule has 1 aromatic carbocycles. The summed E-state index contributed by atoms with van der Waals surface area (Å²) in [4.78, 5) is 27.0. The van der Waals surface area contributed by atoms with E-state index in [4.69, 9.17) is 22.1 Å². The van der Waals surface area contributed by atoms with Gasteiger partial charge in [0.05, 0.1) is 24.1 Å². The van der Waals surface area contributed by atoms with Crippen LogP contribution in [-0.4, -0.2) is 45.1 Å². The number of ether oxygens (including phenoxy) is 1. The van der Waals surface area contributed by atoms with Gasteiger partial charge in [-0.15, -0.1) is 11.3 Å². The largest absolute Gasteiger partial charge is 0.497 e. The lowest BCUT2D eigenvalue weighted by Gasteiger charge is -2.12. The van der Waals surface area contributed by atoms with Crippen molar-refractivity contribution in [1.82, 2.24) is 4.57 Å². The molecule has 1 aliphatic heterocycles. The van der Waals surface area contributed by atoms with Crippen LogP contribution in [0.4, 0.5) is 5.69 Å². The fourth-order valence-corrected chi connectivity index (χ4v) is 4.03. The number of rotatable bonds is 6. The zero-order chi connectivity index (χ0) is 19.7.